The van der Waals surface area contributed by atoms with E-state index in [0.717, 1.165) is 30.8 Å². The van der Waals surface area contributed by atoms with Crippen molar-refractivity contribution in [3.8, 4) is 0 Å². The third-order valence-corrected chi connectivity index (χ3v) is 5.17. The SMILES string of the molecule is O=C(N[C@@H]1C[C@H]1c1ccc(Cl)cc1)N1CCCC2(C1)OCCO2. The lowest BCUT2D eigenvalue weighted by Crippen LogP contribution is -2.54. The lowest BCUT2D eigenvalue weighted by molar-refractivity contribution is -0.182. The van der Waals surface area contributed by atoms with Crippen molar-refractivity contribution < 1.29 is 14.3 Å². The summed E-state index contributed by atoms with van der Waals surface area (Å²) in [6, 6.07) is 8.08. The van der Waals surface area contributed by atoms with Gasteiger partial charge in [0.05, 0.1) is 19.8 Å². The van der Waals surface area contributed by atoms with Crippen LogP contribution in [-0.2, 0) is 9.47 Å². The van der Waals surface area contributed by atoms with Crippen molar-refractivity contribution in [3.63, 3.8) is 0 Å². The first-order chi connectivity index (χ1) is 11.2. The highest BCUT2D eigenvalue weighted by Crippen LogP contribution is 2.41. The van der Waals surface area contributed by atoms with Gasteiger partial charge in [-0.2, -0.15) is 0 Å². The molecule has 1 spiro atoms. The van der Waals surface area contributed by atoms with Crippen LogP contribution in [0.3, 0.4) is 0 Å². The van der Waals surface area contributed by atoms with Crippen LogP contribution in [0.15, 0.2) is 24.3 Å². The fourth-order valence-electron chi connectivity index (χ4n) is 3.58. The average molecular weight is 337 g/mol. The van der Waals surface area contributed by atoms with Gasteiger partial charge in [-0.3, -0.25) is 0 Å². The molecule has 2 aliphatic heterocycles. The lowest BCUT2D eigenvalue weighted by atomic mass is 10.1. The molecule has 4 rings (SSSR count). The van der Waals surface area contributed by atoms with Gasteiger partial charge in [-0.1, -0.05) is 23.7 Å². The van der Waals surface area contributed by atoms with E-state index in [4.69, 9.17) is 21.1 Å². The predicted octanol–water partition coefficient (Wildman–Crippen LogP) is 2.74. The van der Waals surface area contributed by atoms with Gasteiger partial charge in [0, 0.05) is 29.9 Å². The van der Waals surface area contributed by atoms with Crippen molar-refractivity contribution in [2.75, 3.05) is 26.3 Å². The van der Waals surface area contributed by atoms with Crippen molar-refractivity contribution in [1.82, 2.24) is 10.2 Å². The zero-order valence-corrected chi connectivity index (χ0v) is 13.7. The van der Waals surface area contributed by atoms with E-state index < -0.39 is 5.79 Å². The Kier molecular flexibility index (Phi) is 3.95. The van der Waals surface area contributed by atoms with Crippen molar-refractivity contribution in [2.45, 2.75) is 37.0 Å². The third kappa shape index (κ3) is 3.18. The lowest BCUT2D eigenvalue weighted by Gasteiger charge is -2.38. The highest BCUT2D eigenvalue weighted by molar-refractivity contribution is 6.30. The Morgan fingerprint density at radius 2 is 2.00 bits per heavy atom. The van der Waals surface area contributed by atoms with Crippen LogP contribution in [0.5, 0.6) is 0 Å². The molecule has 124 valence electrons. The van der Waals surface area contributed by atoms with Crippen LogP contribution in [0, 0.1) is 0 Å². The highest BCUT2D eigenvalue weighted by atomic mass is 35.5. The second-order valence-electron chi connectivity index (χ2n) is 6.58. The molecule has 2 amide bonds. The minimum Gasteiger partial charge on any atom is -0.346 e. The van der Waals surface area contributed by atoms with Crippen LogP contribution < -0.4 is 5.32 Å². The molecule has 0 unspecified atom stereocenters. The van der Waals surface area contributed by atoms with E-state index in [9.17, 15) is 4.79 Å². The monoisotopic (exact) mass is 336 g/mol. The molecule has 2 atom stereocenters. The Bertz CT molecular complexity index is 586. The molecule has 1 aliphatic carbocycles. The number of hydrogen-bond donors (Lipinski definition) is 1. The molecule has 3 aliphatic rings. The largest absolute Gasteiger partial charge is 0.346 e. The molecule has 3 fully saturated rings. The minimum absolute atomic E-state index is 0.00959. The number of ether oxygens (including phenoxy) is 2. The topological polar surface area (TPSA) is 50.8 Å². The van der Waals surface area contributed by atoms with Crippen LogP contribution in [-0.4, -0.2) is 49.1 Å². The fourth-order valence-corrected chi connectivity index (χ4v) is 3.70. The maximum Gasteiger partial charge on any atom is 0.317 e. The van der Waals surface area contributed by atoms with Gasteiger partial charge >= 0.3 is 6.03 Å². The Morgan fingerprint density at radius 1 is 1.26 bits per heavy atom. The first-order valence-electron chi connectivity index (χ1n) is 8.24. The Labute approximate surface area is 140 Å². The van der Waals surface area contributed by atoms with E-state index in [0.29, 0.717) is 25.7 Å². The van der Waals surface area contributed by atoms with Gasteiger partial charge in [-0.15, -0.1) is 0 Å². The van der Waals surface area contributed by atoms with Crippen molar-refractivity contribution in [2.24, 2.45) is 0 Å². The third-order valence-electron chi connectivity index (χ3n) is 4.92. The Balaban J connectivity index is 1.33. The van der Waals surface area contributed by atoms with E-state index >= 15 is 0 Å². The number of carbonyl (C=O) groups is 1. The van der Waals surface area contributed by atoms with Gasteiger partial charge < -0.3 is 19.7 Å². The van der Waals surface area contributed by atoms with Crippen LogP contribution in [0.4, 0.5) is 4.79 Å². The first-order valence-corrected chi connectivity index (χ1v) is 8.62. The molecule has 2 heterocycles. The van der Waals surface area contributed by atoms with E-state index in [-0.39, 0.29) is 12.1 Å². The van der Waals surface area contributed by atoms with Crippen LogP contribution >= 0.6 is 11.6 Å². The summed E-state index contributed by atoms with van der Waals surface area (Å²) in [7, 11) is 0. The normalized spacial score (nSPS) is 28.8. The van der Waals surface area contributed by atoms with Gasteiger partial charge in [0.25, 0.3) is 0 Å². The number of halogens is 1. The molecule has 23 heavy (non-hydrogen) atoms. The van der Waals surface area contributed by atoms with Gasteiger partial charge in [0.2, 0.25) is 0 Å². The smallest absolute Gasteiger partial charge is 0.317 e. The molecule has 0 radical (unpaired) electrons. The van der Waals surface area contributed by atoms with Crippen molar-refractivity contribution in [1.29, 1.82) is 0 Å². The van der Waals surface area contributed by atoms with E-state index in [1.165, 1.54) is 5.56 Å². The number of hydrogen-bond acceptors (Lipinski definition) is 3. The molecule has 6 heteroatoms. The van der Waals surface area contributed by atoms with Gasteiger partial charge in [-0.25, -0.2) is 4.79 Å². The number of amides is 2. The molecule has 1 aromatic carbocycles. The fraction of sp³-hybridized carbons (Fsp3) is 0.588. The second kappa shape index (κ2) is 5.96. The van der Waals surface area contributed by atoms with Gasteiger partial charge in [-0.05, 0) is 30.5 Å². The predicted molar refractivity (Wildman–Crippen MR) is 86.6 cm³/mol. The van der Waals surface area contributed by atoms with Crippen LogP contribution in [0.25, 0.3) is 0 Å². The number of nitrogens with zero attached hydrogens (tertiary/aromatic N) is 1. The van der Waals surface area contributed by atoms with Gasteiger partial charge in [0.15, 0.2) is 5.79 Å². The Hall–Kier alpha value is -1.30. The number of piperidine rings is 1. The number of likely N-dealkylation sites (tertiary alicyclic amines) is 1. The quantitative estimate of drug-likeness (QED) is 0.903. The molecular formula is C17H21ClN2O3. The van der Waals surface area contributed by atoms with Crippen LogP contribution in [0.1, 0.15) is 30.7 Å². The number of rotatable bonds is 2. The number of carbonyl (C=O) groups excluding carboxylic acids is 1. The summed E-state index contributed by atoms with van der Waals surface area (Å²) in [6.45, 7) is 2.53. The number of nitrogens with one attached hydrogen (secondary N) is 1. The molecule has 1 saturated carbocycles. The average Bonchev–Trinajstić information content (AvgIpc) is 3.18. The second-order valence-corrected chi connectivity index (χ2v) is 7.02. The Morgan fingerprint density at radius 3 is 2.74 bits per heavy atom. The number of benzene rings is 1. The molecule has 0 aromatic heterocycles. The molecule has 1 N–H and O–H groups in total. The summed E-state index contributed by atoms with van der Waals surface area (Å²) in [5, 5.41) is 3.88. The summed E-state index contributed by atoms with van der Waals surface area (Å²) >= 11 is 5.92. The maximum atomic E-state index is 12.5. The van der Waals surface area contributed by atoms with Crippen molar-refractivity contribution in [3.05, 3.63) is 34.9 Å². The molecule has 0 bridgehead atoms. The standard InChI is InChI=1S/C17H21ClN2O3/c18-13-4-2-12(3-5-13)14-10-15(14)19-16(21)20-7-1-6-17(11-20)22-8-9-23-17/h2-5,14-15H,1,6-11H2,(H,19,21)/t14-,15+/m0/s1. The summed E-state index contributed by atoms with van der Waals surface area (Å²) in [5.41, 5.74) is 1.23. The molecular weight excluding hydrogens is 316 g/mol. The summed E-state index contributed by atoms with van der Waals surface area (Å²) in [4.78, 5) is 14.3. The van der Waals surface area contributed by atoms with Gasteiger partial charge in [0.1, 0.15) is 0 Å². The number of urea groups is 1. The molecule has 5 nitrogen and oxygen atoms in total. The van der Waals surface area contributed by atoms with Crippen molar-refractivity contribution >= 4 is 17.6 Å². The zero-order valence-electron chi connectivity index (χ0n) is 13.0. The van der Waals surface area contributed by atoms with Crippen LogP contribution in [0.2, 0.25) is 5.02 Å². The first kappa shape index (κ1) is 15.2. The maximum absolute atomic E-state index is 12.5. The summed E-state index contributed by atoms with van der Waals surface area (Å²) in [5.74, 6) is -0.164. The summed E-state index contributed by atoms with van der Waals surface area (Å²) < 4.78 is 11.5. The van der Waals surface area contributed by atoms with E-state index in [2.05, 4.69) is 5.32 Å². The van der Waals surface area contributed by atoms with E-state index in [1.807, 2.05) is 29.2 Å². The zero-order chi connectivity index (χ0) is 15.9. The highest BCUT2D eigenvalue weighted by Gasteiger charge is 2.44. The molecule has 2 saturated heterocycles. The molecule has 1 aromatic rings. The summed E-state index contributed by atoms with van der Waals surface area (Å²) in [6.07, 6.45) is 2.77. The van der Waals surface area contributed by atoms with E-state index in [1.54, 1.807) is 0 Å². The minimum atomic E-state index is -0.561.